The number of ketones is 1. The Morgan fingerprint density at radius 1 is 1.00 bits per heavy atom. The summed E-state index contributed by atoms with van der Waals surface area (Å²) in [5.74, 6) is 0.119. The summed E-state index contributed by atoms with van der Waals surface area (Å²) in [6.07, 6.45) is 0.643. The van der Waals surface area contributed by atoms with Crippen molar-refractivity contribution in [2.45, 2.75) is 19.4 Å². The van der Waals surface area contributed by atoms with Gasteiger partial charge in [0.05, 0.1) is 39.6 Å². The van der Waals surface area contributed by atoms with Gasteiger partial charge in [-0.3, -0.25) is 9.59 Å². The Kier molecular flexibility index (Phi) is 8.82. The van der Waals surface area contributed by atoms with Crippen molar-refractivity contribution in [3.8, 4) is 23.0 Å². The number of methoxy groups -OCH3 is 3. The van der Waals surface area contributed by atoms with Gasteiger partial charge in [0.2, 0.25) is 5.75 Å². The van der Waals surface area contributed by atoms with Crippen molar-refractivity contribution in [2.24, 2.45) is 0 Å². The summed E-state index contributed by atoms with van der Waals surface area (Å²) in [4.78, 5) is 30.0. The van der Waals surface area contributed by atoms with E-state index < -0.39 is 17.7 Å². The second-order valence-corrected chi connectivity index (χ2v) is 8.57. The van der Waals surface area contributed by atoms with Crippen LogP contribution in [0.25, 0.3) is 5.76 Å². The van der Waals surface area contributed by atoms with Gasteiger partial charge in [0.25, 0.3) is 11.7 Å². The topological polar surface area (TPSA) is 97.8 Å². The molecule has 36 heavy (non-hydrogen) atoms. The second kappa shape index (κ2) is 11.8. The minimum absolute atomic E-state index is 0.00304. The fraction of sp³-hybridized carbons (Fsp3) is 0.407. The lowest BCUT2D eigenvalue weighted by Crippen LogP contribution is -2.32. The number of carbonyl (C=O) groups excluding carboxylic acids is 2. The maximum absolute atomic E-state index is 13.3. The third-order valence-electron chi connectivity index (χ3n) is 5.99. The highest BCUT2D eigenvalue weighted by atomic mass is 16.5. The van der Waals surface area contributed by atoms with Crippen LogP contribution in [0.1, 0.15) is 30.5 Å². The number of amides is 1. The lowest BCUT2D eigenvalue weighted by atomic mass is 9.94. The standard InChI is InChI=1S/C27H34N2O7/c1-7-36-19-11-9-17(10-12-19)24(30)22-23(29(27(32)25(22)31)14-8-13-28(2)3)18-15-20(33-4)26(35-6)21(16-18)34-5/h9-12,15-16,23,30H,7-8,13-14H2,1-6H3/b24-22-. The minimum Gasteiger partial charge on any atom is -0.507 e. The number of hydrogen-bond acceptors (Lipinski definition) is 8. The predicted molar refractivity (Wildman–Crippen MR) is 136 cm³/mol. The first-order valence-electron chi connectivity index (χ1n) is 11.7. The molecule has 1 unspecified atom stereocenters. The molecule has 194 valence electrons. The number of ether oxygens (including phenoxy) is 4. The van der Waals surface area contributed by atoms with Crippen LogP contribution in [0.2, 0.25) is 0 Å². The molecule has 0 spiro atoms. The number of aliphatic hydroxyl groups is 1. The molecule has 9 heteroatoms. The van der Waals surface area contributed by atoms with E-state index in [4.69, 9.17) is 18.9 Å². The van der Waals surface area contributed by atoms with E-state index in [0.717, 1.165) is 6.54 Å². The average Bonchev–Trinajstić information content (AvgIpc) is 3.12. The largest absolute Gasteiger partial charge is 0.507 e. The van der Waals surface area contributed by atoms with Crippen LogP contribution in [0.5, 0.6) is 23.0 Å². The molecule has 1 saturated heterocycles. The van der Waals surface area contributed by atoms with Crippen molar-refractivity contribution < 1.29 is 33.6 Å². The van der Waals surface area contributed by atoms with Crippen LogP contribution in [0.15, 0.2) is 42.0 Å². The van der Waals surface area contributed by atoms with Crippen molar-refractivity contribution in [3.63, 3.8) is 0 Å². The van der Waals surface area contributed by atoms with E-state index in [1.54, 1.807) is 36.4 Å². The number of Topliss-reactive ketones (excluding diaryl/α,β-unsaturated/α-hetero) is 1. The van der Waals surface area contributed by atoms with E-state index in [0.29, 0.717) is 53.7 Å². The number of likely N-dealkylation sites (tertiary alicyclic amines) is 1. The molecule has 0 bridgehead atoms. The van der Waals surface area contributed by atoms with E-state index in [2.05, 4.69) is 0 Å². The summed E-state index contributed by atoms with van der Waals surface area (Å²) in [5, 5.41) is 11.3. The SMILES string of the molecule is CCOc1ccc(/C(O)=C2/C(=O)C(=O)N(CCCN(C)C)C2c2cc(OC)c(OC)c(OC)c2)cc1. The van der Waals surface area contributed by atoms with Crippen molar-refractivity contribution in [2.75, 3.05) is 55.1 Å². The molecule has 2 aromatic rings. The molecule has 3 rings (SSSR count). The van der Waals surface area contributed by atoms with Crippen LogP contribution >= 0.6 is 0 Å². The highest BCUT2D eigenvalue weighted by Crippen LogP contribution is 2.45. The number of carbonyl (C=O) groups is 2. The summed E-state index contributed by atoms with van der Waals surface area (Å²) < 4.78 is 21.9. The van der Waals surface area contributed by atoms with E-state index in [9.17, 15) is 14.7 Å². The Balaban J connectivity index is 2.18. The van der Waals surface area contributed by atoms with E-state index in [1.165, 1.54) is 26.2 Å². The van der Waals surface area contributed by atoms with Crippen LogP contribution in [0.4, 0.5) is 0 Å². The third-order valence-corrected chi connectivity index (χ3v) is 5.99. The summed E-state index contributed by atoms with van der Waals surface area (Å²) in [6.45, 7) is 3.43. The van der Waals surface area contributed by atoms with Gasteiger partial charge in [-0.1, -0.05) is 0 Å². The number of rotatable bonds is 11. The molecular weight excluding hydrogens is 464 g/mol. The molecule has 1 N–H and O–H groups in total. The minimum atomic E-state index is -0.840. The van der Waals surface area contributed by atoms with Crippen LogP contribution in [0, 0.1) is 0 Å². The number of nitrogens with zero attached hydrogens (tertiary/aromatic N) is 2. The van der Waals surface area contributed by atoms with Gasteiger partial charge in [-0.2, -0.15) is 0 Å². The van der Waals surface area contributed by atoms with Gasteiger partial charge in [-0.25, -0.2) is 0 Å². The fourth-order valence-electron chi connectivity index (χ4n) is 4.30. The zero-order valence-electron chi connectivity index (χ0n) is 21.7. The Morgan fingerprint density at radius 2 is 1.61 bits per heavy atom. The summed E-state index contributed by atoms with van der Waals surface area (Å²) in [7, 11) is 8.37. The molecule has 1 fully saturated rings. The average molecular weight is 499 g/mol. The van der Waals surface area contributed by atoms with E-state index in [-0.39, 0.29) is 11.3 Å². The third kappa shape index (κ3) is 5.41. The quantitative estimate of drug-likeness (QED) is 0.286. The van der Waals surface area contributed by atoms with Crippen molar-refractivity contribution in [1.29, 1.82) is 0 Å². The molecule has 0 aliphatic carbocycles. The van der Waals surface area contributed by atoms with Gasteiger partial charge in [0.1, 0.15) is 11.5 Å². The Labute approximate surface area is 211 Å². The fourth-order valence-corrected chi connectivity index (χ4v) is 4.30. The highest BCUT2D eigenvalue weighted by molar-refractivity contribution is 6.46. The maximum atomic E-state index is 13.3. The first kappa shape index (κ1) is 26.9. The maximum Gasteiger partial charge on any atom is 0.295 e. The van der Waals surface area contributed by atoms with Crippen LogP contribution in [-0.4, -0.2) is 81.7 Å². The van der Waals surface area contributed by atoms with E-state index >= 15 is 0 Å². The zero-order chi connectivity index (χ0) is 26.4. The zero-order valence-corrected chi connectivity index (χ0v) is 21.7. The number of aliphatic hydroxyl groups excluding tert-OH is 1. The number of benzene rings is 2. The predicted octanol–water partition coefficient (Wildman–Crippen LogP) is 3.48. The first-order valence-corrected chi connectivity index (χ1v) is 11.7. The second-order valence-electron chi connectivity index (χ2n) is 8.57. The molecule has 2 aromatic carbocycles. The molecule has 0 aromatic heterocycles. The molecule has 1 amide bonds. The Hall–Kier alpha value is -3.72. The summed E-state index contributed by atoms with van der Waals surface area (Å²) >= 11 is 0. The molecule has 0 radical (unpaired) electrons. The van der Waals surface area contributed by atoms with E-state index in [1.807, 2.05) is 25.9 Å². The highest BCUT2D eigenvalue weighted by Gasteiger charge is 2.46. The van der Waals surface area contributed by atoms with Gasteiger partial charge in [-0.15, -0.1) is 0 Å². The van der Waals surface area contributed by atoms with Crippen LogP contribution in [0.3, 0.4) is 0 Å². The lowest BCUT2D eigenvalue weighted by molar-refractivity contribution is -0.139. The van der Waals surface area contributed by atoms with Crippen LogP contribution < -0.4 is 18.9 Å². The first-order chi connectivity index (χ1) is 17.3. The lowest BCUT2D eigenvalue weighted by Gasteiger charge is -2.27. The molecule has 1 heterocycles. The monoisotopic (exact) mass is 498 g/mol. The molecule has 1 aliphatic heterocycles. The smallest absolute Gasteiger partial charge is 0.295 e. The van der Waals surface area contributed by atoms with Gasteiger partial charge >= 0.3 is 0 Å². The van der Waals surface area contributed by atoms with Crippen molar-refractivity contribution in [3.05, 3.63) is 53.1 Å². The van der Waals surface area contributed by atoms with Crippen LogP contribution in [-0.2, 0) is 9.59 Å². The van der Waals surface area contributed by atoms with Gasteiger partial charge < -0.3 is 33.9 Å². The molecule has 1 aliphatic rings. The van der Waals surface area contributed by atoms with Gasteiger partial charge in [0, 0.05) is 12.1 Å². The summed E-state index contributed by atoms with van der Waals surface area (Å²) in [5.41, 5.74) is 0.964. The van der Waals surface area contributed by atoms with Crippen molar-refractivity contribution >= 4 is 17.4 Å². The normalized spacial score (nSPS) is 17.0. The Morgan fingerprint density at radius 3 is 2.11 bits per heavy atom. The molecule has 1 atom stereocenters. The number of hydrogen-bond donors (Lipinski definition) is 1. The van der Waals surface area contributed by atoms with Gasteiger partial charge in [0.15, 0.2) is 11.5 Å². The molecule has 0 saturated carbocycles. The van der Waals surface area contributed by atoms with Gasteiger partial charge in [-0.05, 0) is 75.9 Å². The molecule has 9 nitrogen and oxygen atoms in total. The summed E-state index contributed by atoms with van der Waals surface area (Å²) in [6, 6.07) is 9.29. The van der Waals surface area contributed by atoms with Crippen molar-refractivity contribution in [1.82, 2.24) is 9.80 Å². The molecular formula is C27H34N2O7. The Bertz CT molecular complexity index is 1100.